The van der Waals surface area contributed by atoms with Gasteiger partial charge in [0, 0.05) is 42.5 Å². The number of nitrogens with one attached hydrogen (secondary N) is 3. The largest absolute Gasteiger partial charge is 0.361 e. The molecule has 2 aromatic heterocycles. The average molecular weight is 282 g/mol. The topological polar surface area (TPSA) is 73.6 Å². The highest BCUT2D eigenvalue weighted by molar-refractivity contribution is 5.88. The zero-order valence-electron chi connectivity index (χ0n) is 11.7. The summed E-state index contributed by atoms with van der Waals surface area (Å²) in [7, 11) is 0. The van der Waals surface area contributed by atoms with Crippen LogP contribution >= 0.6 is 0 Å². The van der Waals surface area contributed by atoms with Gasteiger partial charge in [0.15, 0.2) is 0 Å². The number of benzene rings is 1. The monoisotopic (exact) mass is 282 g/mol. The van der Waals surface area contributed by atoms with Crippen LogP contribution in [0.5, 0.6) is 0 Å². The number of hydrogen-bond donors (Lipinski definition) is 3. The molecule has 2 heterocycles. The summed E-state index contributed by atoms with van der Waals surface area (Å²) in [6, 6.07) is 8.02. The molecule has 0 atom stereocenters. The van der Waals surface area contributed by atoms with Gasteiger partial charge in [-0.3, -0.25) is 4.79 Å². The van der Waals surface area contributed by atoms with Gasteiger partial charge in [-0.2, -0.15) is 0 Å². The van der Waals surface area contributed by atoms with E-state index in [1.54, 1.807) is 6.20 Å². The first-order valence-corrected chi connectivity index (χ1v) is 7.13. The summed E-state index contributed by atoms with van der Waals surface area (Å²) in [6.45, 7) is 0.669. The maximum atomic E-state index is 12.0. The molecule has 0 aliphatic carbocycles. The minimum Gasteiger partial charge on any atom is -0.361 e. The Bertz CT molecular complexity index is 715. The predicted molar refractivity (Wildman–Crippen MR) is 81.9 cm³/mol. The maximum absolute atomic E-state index is 12.0. The normalized spacial score (nSPS) is 10.9. The van der Waals surface area contributed by atoms with E-state index in [9.17, 15) is 4.79 Å². The molecule has 0 saturated carbocycles. The number of amides is 1. The molecule has 0 unspecified atom stereocenters. The summed E-state index contributed by atoms with van der Waals surface area (Å²) in [5.74, 6) is 1.01. The second-order valence-electron chi connectivity index (χ2n) is 5.03. The Labute approximate surface area is 122 Å². The van der Waals surface area contributed by atoms with Crippen molar-refractivity contribution < 1.29 is 4.79 Å². The van der Waals surface area contributed by atoms with Crippen molar-refractivity contribution in [3.05, 3.63) is 54.2 Å². The van der Waals surface area contributed by atoms with Gasteiger partial charge in [0.05, 0.1) is 6.42 Å². The fourth-order valence-electron chi connectivity index (χ4n) is 2.43. The second-order valence-corrected chi connectivity index (χ2v) is 5.03. The number of para-hydroxylation sites is 1. The Morgan fingerprint density at radius 2 is 2.14 bits per heavy atom. The summed E-state index contributed by atoms with van der Waals surface area (Å²) >= 11 is 0. The van der Waals surface area contributed by atoms with E-state index in [1.165, 1.54) is 0 Å². The van der Waals surface area contributed by atoms with E-state index < -0.39 is 0 Å². The van der Waals surface area contributed by atoms with Crippen LogP contribution in [0.3, 0.4) is 0 Å². The minimum atomic E-state index is 0.0548. The molecule has 0 aliphatic rings. The molecule has 1 amide bonds. The van der Waals surface area contributed by atoms with Gasteiger partial charge >= 0.3 is 0 Å². The summed E-state index contributed by atoms with van der Waals surface area (Å²) < 4.78 is 0. The third kappa shape index (κ3) is 3.31. The number of aryl methyl sites for hydroxylation is 1. The van der Waals surface area contributed by atoms with E-state index >= 15 is 0 Å². The molecule has 0 radical (unpaired) electrons. The van der Waals surface area contributed by atoms with Gasteiger partial charge < -0.3 is 15.3 Å². The van der Waals surface area contributed by atoms with Gasteiger partial charge in [-0.05, 0) is 18.1 Å². The molecular weight excluding hydrogens is 264 g/mol. The number of carbonyl (C=O) groups excluding carboxylic acids is 1. The molecule has 108 valence electrons. The molecule has 0 saturated heterocycles. The quantitative estimate of drug-likeness (QED) is 0.606. The Balaban J connectivity index is 1.48. The minimum absolute atomic E-state index is 0.0548. The standard InChI is InChI=1S/C16H18N4O/c21-16(19-7-3-6-15-17-8-9-18-15)10-12-11-20-14-5-2-1-4-13(12)14/h1-2,4-5,8-9,11,20H,3,6-7,10H2,(H,17,18)(H,19,21). The van der Waals surface area contributed by atoms with Crippen LogP contribution in [0.2, 0.25) is 0 Å². The van der Waals surface area contributed by atoms with Crippen LogP contribution < -0.4 is 5.32 Å². The Morgan fingerprint density at radius 3 is 3.00 bits per heavy atom. The number of aromatic amines is 2. The summed E-state index contributed by atoms with van der Waals surface area (Å²) in [5.41, 5.74) is 2.10. The fraction of sp³-hybridized carbons (Fsp3) is 0.250. The lowest BCUT2D eigenvalue weighted by Crippen LogP contribution is -2.26. The SMILES string of the molecule is O=C(Cc1c[nH]c2ccccc12)NCCCc1ncc[nH]1. The van der Waals surface area contributed by atoms with Crippen molar-refractivity contribution in [3.63, 3.8) is 0 Å². The summed E-state index contributed by atoms with van der Waals surface area (Å²) in [4.78, 5) is 22.4. The molecule has 3 rings (SSSR count). The highest BCUT2D eigenvalue weighted by Gasteiger charge is 2.08. The first kappa shape index (κ1) is 13.4. The van der Waals surface area contributed by atoms with Crippen molar-refractivity contribution in [3.8, 4) is 0 Å². The van der Waals surface area contributed by atoms with E-state index in [0.717, 1.165) is 35.1 Å². The van der Waals surface area contributed by atoms with Gasteiger partial charge in [-0.25, -0.2) is 4.98 Å². The van der Waals surface area contributed by atoms with Gasteiger partial charge in [-0.15, -0.1) is 0 Å². The highest BCUT2D eigenvalue weighted by Crippen LogP contribution is 2.17. The van der Waals surface area contributed by atoms with Gasteiger partial charge in [0.2, 0.25) is 5.91 Å². The van der Waals surface area contributed by atoms with Crippen LogP contribution in [-0.4, -0.2) is 27.4 Å². The van der Waals surface area contributed by atoms with Crippen molar-refractivity contribution in [1.82, 2.24) is 20.3 Å². The smallest absolute Gasteiger partial charge is 0.224 e. The van der Waals surface area contributed by atoms with Crippen molar-refractivity contribution in [2.75, 3.05) is 6.54 Å². The third-order valence-corrected chi connectivity index (χ3v) is 3.49. The number of H-pyrrole nitrogens is 2. The molecule has 5 heteroatoms. The molecule has 0 aliphatic heterocycles. The van der Waals surface area contributed by atoms with Crippen molar-refractivity contribution in [1.29, 1.82) is 0 Å². The molecule has 0 spiro atoms. The molecular formula is C16H18N4O. The second kappa shape index (κ2) is 6.26. The number of aromatic nitrogens is 3. The number of hydrogen-bond acceptors (Lipinski definition) is 2. The first-order chi connectivity index (χ1) is 10.3. The molecule has 3 N–H and O–H groups in total. The van der Waals surface area contributed by atoms with Crippen molar-refractivity contribution in [2.45, 2.75) is 19.3 Å². The van der Waals surface area contributed by atoms with Gasteiger partial charge in [0.25, 0.3) is 0 Å². The van der Waals surface area contributed by atoms with Crippen LogP contribution in [0, 0.1) is 0 Å². The Hall–Kier alpha value is -2.56. The van der Waals surface area contributed by atoms with Crippen molar-refractivity contribution >= 4 is 16.8 Å². The first-order valence-electron chi connectivity index (χ1n) is 7.13. The Kier molecular flexibility index (Phi) is 4.00. The zero-order valence-corrected chi connectivity index (χ0v) is 11.7. The predicted octanol–water partition coefficient (Wildman–Crippen LogP) is 2.18. The van der Waals surface area contributed by atoms with E-state index in [2.05, 4.69) is 20.3 Å². The van der Waals surface area contributed by atoms with Crippen LogP contribution in [0.15, 0.2) is 42.9 Å². The van der Waals surface area contributed by atoms with E-state index in [4.69, 9.17) is 0 Å². The molecule has 1 aromatic carbocycles. The van der Waals surface area contributed by atoms with Gasteiger partial charge in [-0.1, -0.05) is 18.2 Å². The third-order valence-electron chi connectivity index (χ3n) is 3.49. The van der Waals surface area contributed by atoms with Crippen molar-refractivity contribution in [2.24, 2.45) is 0 Å². The molecule has 3 aromatic rings. The lowest BCUT2D eigenvalue weighted by molar-refractivity contribution is -0.120. The van der Waals surface area contributed by atoms with Crippen LogP contribution in [0.1, 0.15) is 17.8 Å². The zero-order chi connectivity index (χ0) is 14.5. The number of fused-ring (bicyclic) bond motifs is 1. The lowest BCUT2D eigenvalue weighted by Gasteiger charge is -2.04. The maximum Gasteiger partial charge on any atom is 0.224 e. The van der Waals surface area contributed by atoms with Crippen LogP contribution in [0.4, 0.5) is 0 Å². The Morgan fingerprint density at radius 1 is 1.24 bits per heavy atom. The number of carbonyl (C=O) groups is 1. The van der Waals surface area contributed by atoms with E-state index in [1.807, 2.05) is 36.7 Å². The highest BCUT2D eigenvalue weighted by atomic mass is 16.1. The number of imidazole rings is 1. The van der Waals surface area contributed by atoms with E-state index in [-0.39, 0.29) is 5.91 Å². The molecule has 0 fully saturated rings. The average Bonchev–Trinajstić information content (AvgIpc) is 3.14. The van der Waals surface area contributed by atoms with Crippen LogP contribution in [-0.2, 0) is 17.6 Å². The molecule has 0 bridgehead atoms. The van der Waals surface area contributed by atoms with Crippen LogP contribution in [0.25, 0.3) is 10.9 Å². The lowest BCUT2D eigenvalue weighted by atomic mass is 10.1. The van der Waals surface area contributed by atoms with E-state index in [0.29, 0.717) is 13.0 Å². The molecule has 5 nitrogen and oxygen atoms in total. The fourth-order valence-corrected chi connectivity index (χ4v) is 2.43. The number of rotatable bonds is 6. The molecule has 21 heavy (non-hydrogen) atoms. The summed E-state index contributed by atoms with van der Waals surface area (Å²) in [6.07, 6.45) is 7.60. The number of nitrogens with zero attached hydrogens (tertiary/aromatic N) is 1. The van der Waals surface area contributed by atoms with Gasteiger partial charge in [0.1, 0.15) is 5.82 Å². The summed E-state index contributed by atoms with van der Waals surface area (Å²) in [5, 5.41) is 4.07.